The molecule has 0 aliphatic carbocycles. The standard InChI is InChI=1S/C13H15FN2O/c1-9-10(2)16(8-15-9)7-11-5-4-6-12(17-3)13(11)14/h4-6,8H,7H2,1-3H3. The Labute approximate surface area is 99.9 Å². The second kappa shape index (κ2) is 4.57. The molecule has 1 aromatic carbocycles. The molecule has 0 saturated heterocycles. The van der Waals surface area contributed by atoms with Gasteiger partial charge < -0.3 is 9.30 Å². The monoisotopic (exact) mass is 234 g/mol. The van der Waals surface area contributed by atoms with Crippen LogP contribution in [0.4, 0.5) is 4.39 Å². The first kappa shape index (κ1) is 11.6. The maximum atomic E-state index is 13.9. The van der Waals surface area contributed by atoms with E-state index in [0.29, 0.717) is 12.1 Å². The number of hydrogen-bond donors (Lipinski definition) is 0. The van der Waals surface area contributed by atoms with Gasteiger partial charge in [0.1, 0.15) is 0 Å². The number of hydrogen-bond acceptors (Lipinski definition) is 2. The van der Waals surface area contributed by atoms with E-state index in [1.807, 2.05) is 18.4 Å². The van der Waals surface area contributed by atoms with Crippen molar-refractivity contribution in [2.45, 2.75) is 20.4 Å². The molecule has 2 rings (SSSR count). The van der Waals surface area contributed by atoms with Gasteiger partial charge in [-0.1, -0.05) is 12.1 Å². The molecule has 0 radical (unpaired) electrons. The van der Waals surface area contributed by atoms with Crippen LogP contribution in [-0.2, 0) is 6.54 Å². The summed E-state index contributed by atoms with van der Waals surface area (Å²) in [4.78, 5) is 4.19. The van der Waals surface area contributed by atoms with Gasteiger partial charge in [-0.15, -0.1) is 0 Å². The summed E-state index contributed by atoms with van der Waals surface area (Å²) in [6, 6.07) is 5.16. The first-order chi connectivity index (χ1) is 8.13. The third-order valence-corrected chi connectivity index (χ3v) is 2.95. The largest absolute Gasteiger partial charge is 0.494 e. The maximum absolute atomic E-state index is 13.9. The quantitative estimate of drug-likeness (QED) is 0.816. The van der Waals surface area contributed by atoms with Crippen LogP contribution in [0.2, 0.25) is 0 Å². The molecule has 0 amide bonds. The van der Waals surface area contributed by atoms with E-state index in [1.165, 1.54) is 7.11 Å². The molecule has 4 heteroatoms. The minimum absolute atomic E-state index is 0.275. The summed E-state index contributed by atoms with van der Waals surface area (Å²) >= 11 is 0. The zero-order valence-electron chi connectivity index (χ0n) is 10.2. The van der Waals surface area contributed by atoms with Gasteiger partial charge in [0, 0.05) is 11.3 Å². The molecule has 1 aromatic heterocycles. The summed E-state index contributed by atoms with van der Waals surface area (Å²) < 4.78 is 20.8. The molecule has 0 aliphatic heterocycles. The average Bonchev–Trinajstić information content (AvgIpc) is 2.64. The Morgan fingerprint density at radius 3 is 2.71 bits per heavy atom. The van der Waals surface area contributed by atoms with Crippen molar-refractivity contribution in [3.63, 3.8) is 0 Å². The number of imidazole rings is 1. The van der Waals surface area contributed by atoms with Crippen molar-refractivity contribution >= 4 is 0 Å². The van der Waals surface area contributed by atoms with Gasteiger partial charge in [-0.05, 0) is 19.9 Å². The molecule has 0 saturated carbocycles. The molecule has 0 spiro atoms. The minimum atomic E-state index is -0.305. The summed E-state index contributed by atoms with van der Waals surface area (Å²) in [5.41, 5.74) is 2.62. The van der Waals surface area contributed by atoms with Gasteiger partial charge in [0.05, 0.1) is 25.7 Å². The molecule has 0 bridgehead atoms. The number of ether oxygens (including phenoxy) is 1. The Hall–Kier alpha value is -1.84. The SMILES string of the molecule is COc1cccc(Cn2cnc(C)c2C)c1F. The molecule has 2 aromatic rings. The van der Waals surface area contributed by atoms with Crippen LogP contribution in [0.1, 0.15) is 17.0 Å². The molecule has 0 unspecified atom stereocenters. The predicted octanol–water partition coefficient (Wildman–Crippen LogP) is 2.70. The van der Waals surface area contributed by atoms with E-state index < -0.39 is 0 Å². The van der Waals surface area contributed by atoms with Crippen LogP contribution < -0.4 is 4.74 Å². The summed E-state index contributed by atoms with van der Waals surface area (Å²) in [7, 11) is 1.47. The van der Waals surface area contributed by atoms with Crippen LogP contribution in [0.5, 0.6) is 5.75 Å². The molecule has 0 fully saturated rings. The van der Waals surface area contributed by atoms with E-state index in [4.69, 9.17) is 4.74 Å². The fraction of sp³-hybridized carbons (Fsp3) is 0.308. The number of rotatable bonds is 3. The van der Waals surface area contributed by atoms with Crippen LogP contribution in [0, 0.1) is 19.7 Å². The van der Waals surface area contributed by atoms with Crippen LogP contribution in [-0.4, -0.2) is 16.7 Å². The van der Waals surface area contributed by atoms with Crippen molar-refractivity contribution < 1.29 is 9.13 Å². The Balaban J connectivity index is 2.33. The van der Waals surface area contributed by atoms with Crippen molar-refractivity contribution in [1.29, 1.82) is 0 Å². The highest BCUT2D eigenvalue weighted by atomic mass is 19.1. The highest BCUT2D eigenvalue weighted by Crippen LogP contribution is 2.21. The van der Waals surface area contributed by atoms with Crippen LogP contribution in [0.3, 0.4) is 0 Å². The lowest BCUT2D eigenvalue weighted by molar-refractivity contribution is 0.383. The smallest absolute Gasteiger partial charge is 0.170 e. The summed E-state index contributed by atoms with van der Waals surface area (Å²) in [5, 5.41) is 0. The molecule has 1 heterocycles. The van der Waals surface area contributed by atoms with Gasteiger partial charge >= 0.3 is 0 Å². The third-order valence-electron chi connectivity index (χ3n) is 2.95. The highest BCUT2D eigenvalue weighted by Gasteiger charge is 2.10. The number of aryl methyl sites for hydroxylation is 1. The summed E-state index contributed by atoms with van der Waals surface area (Å²) in [6.45, 7) is 4.38. The predicted molar refractivity (Wildman–Crippen MR) is 63.8 cm³/mol. The van der Waals surface area contributed by atoms with Crippen LogP contribution in [0.25, 0.3) is 0 Å². The zero-order valence-corrected chi connectivity index (χ0v) is 10.2. The Morgan fingerprint density at radius 1 is 1.35 bits per heavy atom. The number of benzene rings is 1. The summed E-state index contributed by atoms with van der Waals surface area (Å²) in [5.74, 6) is -0.0299. The Bertz CT molecular complexity index is 534. The molecule has 0 aliphatic rings. The van der Waals surface area contributed by atoms with Gasteiger partial charge in [0.2, 0.25) is 0 Å². The zero-order chi connectivity index (χ0) is 12.4. The van der Waals surface area contributed by atoms with Gasteiger partial charge in [-0.3, -0.25) is 0 Å². The van der Waals surface area contributed by atoms with Gasteiger partial charge in [-0.2, -0.15) is 0 Å². The van der Waals surface area contributed by atoms with Gasteiger partial charge in [0.15, 0.2) is 11.6 Å². The lowest BCUT2D eigenvalue weighted by Gasteiger charge is -2.09. The van der Waals surface area contributed by atoms with E-state index in [2.05, 4.69) is 4.98 Å². The maximum Gasteiger partial charge on any atom is 0.170 e. The lowest BCUT2D eigenvalue weighted by atomic mass is 10.2. The van der Waals surface area contributed by atoms with Crippen molar-refractivity contribution in [2.24, 2.45) is 0 Å². The fourth-order valence-corrected chi connectivity index (χ4v) is 1.72. The molecular formula is C13H15FN2O. The van der Waals surface area contributed by atoms with E-state index in [-0.39, 0.29) is 11.6 Å². The molecule has 17 heavy (non-hydrogen) atoms. The van der Waals surface area contributed by atoms with Crippen molar-refractivity contribution in [2.75, 3.05) is 7.11 Å². The topological polar surface area (TPSA) is 27.1 Å². The van der Waals surface area contributed by atoms with E-state index >= 15 is 0 Å². The van der Waals surface area contributed by atoms with Crippen molar-refractivity contribution in [1.82, 2.24) is 9.55 Å². The average molecular weight is 234 g/mol. The summed E-state index contributed by atoms with van der Waals surface area (Å²) in [6.07, 6.45) is 1.73. The molecule has 90 valence electrons. The second-order valence-electron chi connectivity index (χ2n) is 3.98. The normalized spacial score (nSPS) is 10.6. The van der Waals surface area contributed by atoms with E-state index in [1.54, 1.807) is 24.5 Å². The molecule has 3 nitrogen and oxygen atoms in total. The Morgan fingerprint density at radius 2 is 2.12 bits per heavy atom. The first-order valence-corrected chi connectivity index (χ1v) is 5.43. The Kier molecular flexibility index (Phi) is 3.13. The minimum Gasteiger partial charge on any atom is -0.494 e. The van der Waals surface area contributed by atoms with Crippen molar-refractivity contribution in [3.8, 4) is 5.75 Å². The molecular weight excluding hydrogens is 219 g/mol. The van der Waals surface area contributed by atoms with Crippen LogP contribution >= 0.6 is 0 Å². The lowest BCUT2D eigenvalue weighted by Crippen LogP contribution is -2.04. The number of halogens is 1. The second-order valence-corrected chi connectivity index (χ2v) is 3.98. The third kappa shape index (κ3) is 2.16. The number of nitrogens with zero attached hydrogens (tertiary/aromatic N) is 2. The van der Waals surface area contributed by atoms with Gasteiger partial charge in [-0.25, -0.2) is 9.37 Å². The number of aromatic nitrogens is 2. The van der Waals surface area contributed by atoms with Crippen molar-refractivity contribution in [3.05, 3.63) is 47.3 Å². The van der Waals surface area contributed by atoms with Crippen LogP contribution in [0.15, 0.2) is 24.5 Å². The first-order valence-electron chi connectivity index (χ1n) is 5.43. The highest BCUT2D eigenvalue weighted by molar-refractivity contribution is 5.31. The molecule has 0 atom stereocenters. The van der Waals surface area contributed by atoms with E-state index in [9.17, 15) is 4.39 Å². The van der Waals surface area contributed by atoms with Gasteiger partial charge in [0.25, 0.3) is 0 Å². The molecule has 0 N–H and O–H groups in total. The fourth-order valence-electron chi connectivity index (χ4n) is 1.72. The van der Waals surface area contributed by atoms with E-state index in [0.717, 1.165) is 11.4 Å². The number of methoxy groups -OCH3 is 1.